The van der Waals surface area contributed by atoms with Crippen molar-refractivity contribution in [2.75, 3.05) is 0 Å². The molecule has 1 fully saturated rings. The molecule has 2 N–H and O–H groups in total. The number of rotatable bonds is 16. The minimum Gasteiger partial charge on any atom is -0.481 e. The van der Waals surface area contributed by atoms with E-state index in [0.717, 1.165) is 22.3 Å². The Labute approximate surface area is 336 Å². The number of aliphatic carboxylic acids is 2. The summed E-state index contributed by atoms with van der Waals surface area (Å²) < 4.78 is 11.9. The van der Waals surface area contributed by atoms with Crippen LogP contribution >= 0.6 is 0 Å². The molecule has 0 saturated heterocycles. The van der Waals surface area contributed by atoms with Gasteiger partial charge in [0.2, 0.25) is 11.8 Å². The number of ether oxygens (including phenoxy) is 2. The van der Waals surface area contributed by atoms with Gasteiger partial charge in [-0.1, -0.05) is 121 Å². The van der Waals surface area contributed by atoms with Crippen molar-refractivity contribution >= 4 is 23.8 Å². The van der Waals surface area contributed by atoms with Gasteiger partial charge in [-0.15, -0.1) is 0 Å². The number of carbonyl (C=O) groups is 4. The van der Waals surface area contributed by atoms with Gasteiger partial charge in [0.25, 0.3) is 0 Å². The minimum atomic E-state index is -1.57. The quantitative estimate of drug-likeness (QED) is 0.0999. The molecule has 1 saturated carbocycles. The van der Waals surface area contributed by atoms with Gasteiger partial charge in [-0.05, 0) is 70.8 Å². The normalized spacial score (nSPS) is 17.0. The van der Waals surface area contributed by atoms with Gasteiger partial charge in [-0.3, -0.25) is 19.2 Å². The first-order chi connectivity index (χ1) is 28.2. The van der Waals surface area contributed by atoms with E-state index in [1.54, 1.807) is 24.3 Å². The molecule has 6 aromatic rings. The lowest BCUT2D eigenvalue weighted by atomic mass is 9.55. The Bertz CT molecular complexity index is 2130. The molecule has 1 aliphatic carbocycles. The first kappa shape index (κ1) is 39.1. The van der Waals surface area contributed by atoms with E-state index in [4.69, 9.17) is 9.47 Å². The number of para-hydroxylation sites is 2. The Balaban J connectivity index is 1.14. The standard InChI is InChI=1S/C48H42N2O8/c51-45(49(29-33-13-5-1-6-14-33)31-35-21-25-39(26-22-35)57-37-17-9-3-10-18-37)41-43(47(53)54)42(44(41)48(55)56)46(52)50(30-34-15-7-2-8-16-34)32-36-23-27-40(28-24-36)58-38-19-11-4-12-20-38/h1-28,41-44H,29-32H2,(H,53,54)(H,55,56). The molecule has 1 aliphatic rings. The fourth-order valence-electron chi connectivity index (χ4n) is 7.45. The summed E-state index contributed by atoms with van der Waals surface area (Å²) in [5, 5.41) is 21.3. The highest BCUT2D eigenvalue weighted by molar-refractivity contribution is 5.99. The predicted molar refractivity (Wildman–Crippen MR) is 217 cm³/mol. The van der Waals surface area contributed by atoms with Gasteiger partial charge < -0.3 is 29.5 Å². The highest BCUT2D eigenvalue weighted by Gasteiger charge is 2.65. The summed E-state index contributed by atoms with van der Waals surface area (Å²) in [5.41, 5.74) is 3.01. The first-order valence-electron chi connectivity index (χ1n) is 19.0. The fraction of sp³-hybridized carbons (Fsp3) is 0.167. The summed E-state index contributed by atoms with van der Waals surface area (Å²) in [4.78, 5) is 58.3. The van der Waals surface area contributed by atoms with Crippen LogP contribution in [0.15, 0.2) is 170 Å². The maximum Gasteiger partial charge on any atom is 0.308 e. The third-order valence-electron chi connectivity index (χ3n) is 10.3. The van der Waals surface area contributed by atoms with Crippen LogP contribution < -0.4 is 9.47 Å². The largest absolute Gasteiger partial charge is 0.481 e. The molecule has 0 spiro atoms. The molecule has 7 rings (SSSR count). The third-order valence-corrected chi connectivity index (χ3v) is 10.3. The van der Waals surface area contributed by atoms with E-state index in [1.165, 1.54) is 9.80 Å². The van der Waals surface area contributed by atoms with Crippen LogP contribution in [-0.4, -0.2) is 43.8 Å². The summed E-state index contributed by atoms with van der Waals surface area (Å²) in [7, 11) is 0. The topological polar surface area (TPSA) is 134 Å². The maximum absolute atomic E-state index is 14.6. The molecule has 0 aromatic heterocycles. The Morgan fingerprint density at radius 3 is 0.914 bits per heavy atom. The van der Waals surface area contributed by atoms with Crippen LogP contribution in [0.4, 0.5) is 0 Å². The van der Waals surface area contributed by atoms with E-state index in [9.17, 15) is 29.4 Å². The molecule has 0 heterocycles. The fourth-order valence-corrected chi connectivity index (χ4v) is 7.45. The number of amides is 2. The Morgan fingerprint density at radius 2 is 0.621 bits per heavy atom. The Morgan fingerprint density at radius 1 is 0.362 bits per heavy atom. The van der Waals surface area contributed by atoms with E-state index in [-0.39, 0.29) is 26.2 Å². The zero-order chi connectivity index (χ0) is 40.4. The van der Waals surface area contributed by atoms with Gasteiger partial charge in [-0.25, -0.2) is 0 Å². The Hall–Kier alpha value is -7.20. The van der Waals surface area contributed by atoms with Gasteiger partial charge in [0.05, 0.1) is 23.7 Å². The van der Waals surface area contributed by atoms with Crippen LogP contribution in [-0.2, 0) is 45.4 Å². The smallest absolute Gasteiger partial charge is 0.308 e. The van der Waals surface area contributed by atoms with Crippen LogP contribution in [0.1, 0.15) is 22.3 Å². The van der Waals surface area contributed by atoms with Crippen LogP contribution in [0.2, 0.25) is 0 Å². The molecule has 0 unspecified atom stereocenters. The molecule has 10 heteroatoms. The van der Waals surface area contributed by atoms with Gasteiger partial charge in [-0.2, -0.15) is 0 Å². The van der Waals surface area contributed by atoms with Crippen molar-refractivity contribution in [3.63, 3.8) is 0 Å². The van der Waals surface area contributed by atoms with Crippen molar-refractivity contribution in [2.45, 2.75) is 26.2 Å². The summed E-state index contributed by atoms with van der Waals surface area (Å²) in [6.07, 6.45) is 0. The van der Waals surface area contributed by atoms with Crippen molar-refractivity contribution in [1.82, 2.24) is 9.80 Å². The SMILES string of the molecule is O=C(O)C1C(C(=O)N(Cc2ccccc2)Cc2ccc(Oc3ccccc3)cc2)C(C(=O)O)C1C(=O)N(Cc1ccccc1)Cc1ccc(Oc2ccccc2)cc1. The van der Waals surface area contributed by atoms with E-state index >= 15 is 0 Å². The molecule has 2 amide bonds. The highest BCUT2D eigenvalue weighted by atomic mass is 16.5. The van der Waals surface area contributed by atoms with Crippen molar-refractivity contribution in [3.05, 3.63) is 192 Å². The van der Waals surface area contributed by atoms with Gasteiger partial charge in [0, 0.05) is 26.2 Å². The van der Waals surface area contributed by atoms with Crippen molar-refractivity contribution in [2.24, 2.45) is 23.7 Å². The molecule has 6 aromatic carbocycles. The second-order valence-electron chi connectivity index (χ2n) is 14.3. The summed E-state index contributed by atoms with van der Waals surface area (Å²) in [6.45, 7) is 0.328. The van der Waals surface area contributed by atoms with Crippen LogP contribution in [0.5, 0.6) is 23.0 Å². The molecule has 10 nitrogen and oxygen atoms in total. The molecular formula is C48H42N2O8. The minimum absolute atomic E-state index is 0.0667. The highest BCUT2D eigenvalue weighted by Crippen LogP contribution is 2.49. The van der Waals surface area contributed by atoms with Crippen molar-refractivity contribution in [1.29, 1.82) is 0 Å². The van der Waals surface area contributed by atoms with Crippen molar-refractivity contribution < 1.29 is 38.9 Å². The molecule has 0 atom stereocenters. The molecule has 292 valence electrons. The van der Waals surface area contributed by atoms with E-state index in [0.29, 0.717) is 23.0 Å². The van der Waals surface area contributed by atoms with E-state index < -0.39 is 47.4 Å². The maximum atomic E-state index is 14.6. The molecule has 58 heavy (non-hydrogen) atoms. The molecule has 0 aliphatic heterocycles. The van der Waals surface area contributed by atoms with E-state index in [1.807, 2.05) is 146 Å². The average Bonchev–Trinajstić information content (AvgIpc) is 3.22. The second kappa shape index (κ2) is 18.2. The molecular weight excluding hydrogens is 733 g/mol. The first-order valence-corrected chi connectivity index (χ1v) is 19.0. The predicted octanol–water partition coefficient (Wildman–Crippen LogP) is 8.68. The number of carboxylic acids is 2. The monoisotopic (exact) mass is 774 g/mol. The number of nitrogens with zero attached hydrogens (tertiary/aromatic N) is 2. The molecule has 0 radical (unpaired) electrons. The third kappa shape index (κ3) is 9.42. The molecule has 0 bridgehead atoms. The second-order valence-corrected chi connectivity index (χ2v) is 14.3. The van der Waals surface area contributed by atoms with Gasteiger partial charge >= 0.3 is 11.9 Å². The van der Waals surface area contributed by atoms with Crippen LogP contribution in [0.25, 0.3) is 0 Å². The Kier molecular flexibility index (Phi) is 12.2. The summed E-state index contributed by atoms with van der Waals surface area (Å²) >= 11 is 0. The lowest BCUT2D eigenvalue weighted by Crippen LogP contribution is -2.64. The number of hydrogen-bond acceptors (Lipinski definition) is 6. The lowest BCUT2D eigenvalue weighted by Gasteiger charge is -2.48. The summed E-state index contributed by atoms with van der Waals surface area (Å²) in [5.74, 6) is -7.71. The number of benzene rings is 6. The summed E-state index contributed by atoms with van der Waals surface area (Å²) in [6, 6.07) is 51.3. The van der Waals surface area contributed by atoms with Crippen LogP contribution in [0.3, 0.4) is 0 Å². The number of carbonyl (C=O) groups excluding carboxylic acids is 2. The number of hydrogen-bond donors (Lipinski definition) is 2. The average molecular weight is 775 g/mol. The van der Waals surface area contributed by atoms with Gasteiger partial charge in [0.1, 0.15) is 23.0 Å². The zero-order valence-corrected chi connectivity index (χ0v) is 31.5. The number of carboxylic acid groups (broad SMARTS) is 2. The van der Waals surface area contributed by atoms with E-state index in [2.05, 4.69) is 0 Å². The lowest BCUT2D eigenvalue weighted by molar-refractivity contribution is -0.188. The van der Waals surface area contributed by atoms with Crippen LogP contribution in [0, 0.1) is 23.7 Å². The van der Waals surface area contributed by atoms with Crippen molar-refractivity contribution in [3.8, 4) is 23.0 Å². The van der Waals surface area contributed by atoms with Gasteiger partial charge in [0.15, 0.2) is 0 Å². The zero-order valence-electron chi connectivity index (χ0n) is 31.5.